The second kappa shape index (κ2) is 6.67. The zero-order valence-corrected chi connectivity index (χ0v) is 14.1. The lowest BCUT2D eigenvalue weighted by molar-refractivity contribution is -0.200. The molecule has 0 saturated carbocycles. The maximum Gasteiger partial charge on any atom is 0.0959 e. The van der Waals surface area contributed by atoms with Crippen LogP contribution in [0.3, 0.4) is 0 Å². The molecule has 1 atom stereocenters. The van der Waals surface area contributed by atoms with Gasteiger partial charge in [0, 0.05) is 43.9 Å². The average molecular weight is 328 g/mol. The summed E-state index contributed by atoms with van der Waals surface area (Å²) in [5.74, 6) is 0. The van der Waals surface area contributed by atoms with Crippen LogP contribution in [0.1, 0.15) is 29.8 Å². The van der Waals surface area contributed by atoms with E-state index in [1.807, 2.05) is 37.5 Å². The minimum Gasteiger partial charge on any atom is -0.472 e. The van der Waals surface area contributed by atoms with Crippen molar-refractivity contribution in [2.75, 3.05) is 19.7 Å². The molecule has 1 unspecified atom stereocenters. The number of rotatable bonds is 5. The molecule has 5 heteroatoms. The molecule has 0 bridgehead atoms. The highest BCUT2D eigenvalue weighted by Gasteiger charge is 2.47. The third-order valence-corrected chi connectivity index (χ3v) is 4.87. The molecule has 2 aromatic heterocycles. The van der Waals surface area contributed by atoms with Gasteiger partial charge in [0.15, 0.2) is 0 Å². The minimum atomic E-state index is -0.0211. The summed E-state index contributed by atoms with van der Waals surface area (Å²) in [4.78, 5) is 6.91. The standard InChI is InChI=1S/C19H24N2O3/c1-15-3-2-4-17(20-15)12-23-18-6-8-24-19(9-18)13-21(14-19)10-16-5-7-22-11-16/h2-5,7,11,18H,6,8-10,12-14H2,1H3. The molecule has 0 N–H and O–H groups in total. The molecule has 128 valence electrons. The van der Waals surface area contributed by atoms with Crippen LogP contribution >= 0.6 is 0 Å². The Hall–Kier alpha value is -1.69. The first-order valence-corrected chi connectivity index (χ1v) is 8.62. The number of aromatic nitrogens is 1. The Labute approximate surface area is 142 Å². The van der Waals surface area contributed by atoms with Crippen molar-refractivity contribution >= 4 is 0 Å². The van der Waals surface area contributed by atoms with E-state index >= 15 is 0 Å². The summed E-state index contributed by atoms with van der Waals surface area (Å²) >= 11 is 0. The van der Waals surface area contributed by atoms with Crippen LogP contribution in [0.15, 0.2) is 41.2 Å². The number of ether oxygens (including phenoxy) is 2. The second-order valence-electron chi connectivity index (χ2n) is 7.00. The Bertz CT molecular complexity index is 665. The van der Waals surface area contributed by atoms with Crippen LogP contribution < -0.4 is 0 Å². The van der Waals surface area contributed by atoms with Crippen molar-refractivity contribution in [3.8, 4) is 0 Å². The first-order chi connectivity index (χ1) is 11.7. The van der Waals surface area contributed by atoms with Gasteiger partial charge in [0.1, 0.15) is 0 Å². The number of pyridine rings is 1. The number of nitrogens with zero attached hydrogens (tertiary/aromatic N) is 2. The van der Waals surface area contributed by atoms with E-state index in [9.17, 15) is 0 Å². The summed E-state index contributed by atoms with van der Waals surface area (Å²) in [6, 6.07) is 8.09. The fourth-order valence-corrected chi connectivity index (χ4v) is 3.75. The van der Waals surface area contributed by atoms with E-state index in [-0.39, 0.29) is 11.7 Å². The molecule has 0 aromatic carbocycles. The summed E-state index contributed by atoms with van der Waals surface area (Å²) in [7, 11) is 0. The first-order valence-electron chi connectivity index (χ1n) is 8.62. The summed E-state index contributed by atoms with van der Waals surface area (Å²) in [6.45, 7) is 6.25. The molecule has 2 saturated heterocycles. The summed E-state index contributed by atoms with van der Waals surface area (Å²) in [5.41, 5.74) is 3.24. The fraction of sp³-hybridized carbons (Fsp3) is 0.526. The molecule has 0 amide bonds. The van der Waals surface area contributed by atoms with Gasteiger partial charge >= 0.3 is 0 Å². The Balaban J connectivity index is 1.27. The predicted molar refractivity (Wildman–Crippen MR) is 89.5 cm³/mol. The van der Waals surface area contributed by atoms with Gasteiger partial charge in [0.2, 0.25) is 0 Å². The van der Waals surface area contributed by atoms with Crippen LogP contribution in [-0.2, 0) is 22.6 Å². The van der Waals surface area contributed by atoms with E-state index < -0.39 is 0 Å². The van der Waals surface area contributed by atoms with Gasteiger partial charge in [-0.25, -0.2) is 0 Å². The van der Waals surface area contributed by atoms with E-state index in [2.05, 4.69) is 9.88 Å². The van der Waals surface area contributed by atoms with E-state index in [1.165, 1.54) is 5.56 Å². The maximum atomic E-state index is 6.12. The average Bonchev–Trinajstić information content (AvgIpc) is 3.05. The highest BCUT2D eigenvalue weighted by atomic mass is 16.5. The molecule has 2 aromatic rings. The molecular formula is C19H24N2O3. The third kappa shape index (κ3) is 3.53. The van der Waals surface area contributed by atoms with Crippen LogP contribution in [0.5, 0.6) is 0 Å². The third-order valence-electron chi connectivity index (χ3n) is 4.87. The van der Waals surface area contributed by atoms with Gasteiger partial charge < -0.3 is 13.9 Å². The Kier molecular flexibility index (Phi) is 4.39. The fourth-order valence-electron chi connectivity index (χ4n) is 3.75. The SMILES string of the molecule is Cc1cccc(COC2CCOC3(C2)CN(Cc2ccoc2)C3)n1. The molecule has 0 radical (unpaired) electrons. The number of hydrogen-bond donors (Lipinski definition) is 0. The summed E-state index contributed by atoms with van der Waals surface area (Å²) < 4.78 is 17.3. The molecule has 2 aliphatic rings. The topological polar surface area (TPSA) is 47.7 Å². The monoisotopic (exact) mass is 328 g/mol. The van der Waals surface area contributed by atoms with Gasteiger partial charge in [-0.1, -0.05) is 6.07 Å². The Morgan fingerprint density at radius 1 is 1.33 bits per heavy atom. The summed E-state index contributed by atoms with van der Waals surface area (Å²) in [5, 5.41) is 0. The van der Waals surface area contributed by atoms with Crippen molar-refractivity contribution in [1.29, 1.82) is 0 Å². The van der Waals surface area contributed by atoms with Crippen LogP contribution in [0.2, 0.25) is 0 Å². The van der Waals surface area contributed by atoms with Crippen molar-refractivity contribution in [3.05, 3.63) is 53.7 Å². The normalized spacial score (nSPS) is 23.3. The van der Waals surface area contributed by atoms with Crippen molar-refractivity contribution in [2.24, 2.45) is 0 Å². The second-order valence-corrected chi connectivity index (χ2v) is 7.00. The number of aryl methyl sites for hydroxylation is 1. The first kappa shape index (κ1) is 15.8. The van der Waals surface area contributed by atoms with Gasteiger partial charge in [-0.05, 0) is 31.5 Å². The highest BCUT2D eigenvalue weighted by Crippen LogP contribution is 2.36. The maximum absolute atomic E-state index is 6.12. The lowest BCUT2D eigenvalue weighted by Gasteiger charge is -2.53. The molecule has 24 heavy (non-hydrogen) atoms. The lowest BCUT2D eigenvalue weighted by atomic mass is 9.84. The van der Waals surface area contributed by atoms with Crippen LogP contribution in [0, 0.1) is 6.92 Å². The van der Waals surface area contributed by atoms with E-state index in [0.29, 0.717) is 6.61 Å². The molecule has 0 aliphatic carbocycles. The van der Waals surface area contributed by atoms with E-state index in [1.54, 1.807) is 6.26 Å². The van der Waals surface area contributed by atoms with Crippen LogP contribution in [-0.4, -0.2) is 41.3 Å². The summed E-state index contributed by atoms with van der Waals surface area (Å²) in [6.07, 6.45) is 5.74. The van der Waals surface area contributed by atoms with Crippen LogP contribution in [0.25, 0.3) is 0 Å². The molecule has 2 fully saturated rings. The van der Waals surface area contributed by atoms with Crippen molar-refractivity contribution in [1.82, 2.24) is 9.88 Å². The number of likely N-dealkylation sites (tertiary alicyclic amines) is 1. The molecule has 4 rings (SSSR count). The van der Waals surface area contributed by atoms with Crippen molar-refractivity contribution < 1.29 is 13.9 Å². The predicted octanol–water partition coefficient (Wildman–Crippen LogP) is 2.93. The molecule has 2 aliphatic heterocycles. The van der Waals surface area contributed by atoms with Gasteiger partial charge in [-0.3, -0.25) is 9.88 Å². The zero-order chi connectivity index (χ0) is 16.4. The largest absolute Gasteiger partial charge is 0.472 e. The molecular weight excluding hydrogens is 304 g/mol. The van der Waals surface area contributed by atoms with Gasteiger partial charge in [0.25, 0.3) is 0 Å². The molecule has 4 heterocycles. The van der Waals surface area contributed by atoms with E-state index in [0.717, 1.165) is 50.5 Å². The van der Waals surface area contributed by atoms with Crippen LogP contribution in [0.4, 0.5) is 0 Å². The minimum absolute atomic E-state index is 0.0211. The van der Waals surface area contributed by atoms with Gasteiger partial charge in [-0.2, -0.15) is 0 Å². The molecule has 1 spiro atoms. The highest BCUT2D eigenvalue weighted by molar-refractivity contribution is 5.10. The zero-order valence-electron chi connectivity index (χ0n) is 14.1. The number of hydrogen-bond acceptors (Lipinski definition) is 5. The smallest absolute Gasteiger partial charge is 0.0959 e. The van der Waals surface area contributed by atoms with Crippen molar-refractivity contribution in [3.63, 3.8) is 0 Å². The van der Waals surface area contributed by atoms with Gasteiger partial charge in [0.05, 0.1) is 36.5 Å². The Morgan fingerprint density at radius 2 is 2.25 bits per heavy atom. The van der Waals surface area contributed by atoms with E-state index in [4.69, 9.17) is 13.9 Å². The lowest BCUT2D eigenvalue weighted by Crippen LogP contribution is -2.65. The quantitative estimate of drug-likeness (QED) is 0.844. The Morgan fingerprint density at radius 3 is 3.04 bits per heavy atom. The van der Waals surface area contributed by atoms with Crippen molar-refractivity contribution in [2.45, 2.75) is 44.6 Å². The number of furan rings is 1. The molecule has 5 nitrogen and oxygen atoms in total. The van der Waals surface area contributed by atoms with Gasteiger partial charge in [-0.15, -0.1) is 0 Å².